The summed E-state index contributed by atoms with van der Waals surface area (Å²) in [5.74, 6) is 0.728. The molecular formula is C16H18N8O. The highest BCUT2D eigenvalue weighted by molar-refractivity contribution is 5.86. The van der Waals surface area contributed by atoms with Crippen LogP contribution < -0.4 is 10.2 Å². The van der Waals surface area contributed by atoms with Crippen LogP contribution in [0, 0.1) is 5.92 Å². The number of nitrogens with zero attached hydrogens (tertiary/aromatic N) is 7. The molecule has 3 aromatic rings. The lowest BCUT2D eigenvalue weighted by Gasteiger charge is -2.38. The zero-order chi connectivity index (χ0) is 17.2. The minimum absolute atomic E-state index is 0.0441. The maximum absolute atomic E-state index is 12.3. The standard InChI is InChI=1S/C16H18N8O/c1-2-24-15-13(21-22-24)14(19-10-20-15)23-8-12(9-23)16(25)18-7-11-4-3-5-17-6-11/h3-6,10,12H,2,7-9H2,1H3,(H,18,25). The number of rotatable bonds is 5. The Morgan fingerprint density at radius 3 is 3.00 bits per heavy atom. The van der Waals surface area contributed by atoms with Gasteiger partial charge in [0.15, 0.2) is 17.0 Å². The molecule has 0 saturated carbocycles. The summed E-state index contributed by atoms with van der Waals surface area (Å²) in [4.78, 5) is 26.9. The highest BCUT2D eigenvalue weighted by Crippen LogP contribution is 2.27. The van der Waals surface area contributed by atoms with E-state index in [1.807, 2.05) is 24.0 Å². The number of nitrogens with one attached hydrogen (secondary N) is 1. The van der Waals surface area contributed by atoms with Gasteiger partial charge in [-0.25, -0.2) is 14.6 Å². The Morgan fingerprint density at radius 1 is 1.36 bits per heavy atom. The Bertz CT molecular complexity index is 888. The van der Waals surface area contributed by atoms with Crippen molar-refractivity contribution in [3.8, 4) is 0 Å². The Hall–Kier alpha value is -3.10. The summed E-state index contributed by atoms with van der Waals surface area (Å²) >= 11 is 0. The third kappa shape index (κ3) is 2.88. The number of carbonyl (C=O) groups excluding carboxylic acids is 1. The second-order valence-electron chi connectivity index (χ2n) is 5.96. The number of anilines is 1. The van der Waals surface area contributed by atoms with Gasteiger partial charge in [0, 0.05) is 38.6 Å². The fraction of sp³-hybridized carbons (Fsp3) is 0.375. The number of pyridine rings is 1. The second-order valence-corrected chi connectivity index (χ2v) is 5.96. The maximum atomic E-state index is 12.3. The first kappa shape index (κ1) is 15.4. The number of hydrogen-bond donors (Lipinski definition) is 1. The van der Waals surface area contributed by atoms with Crippen LogP contribution in [0.4, 0.5) is 5.82 Å². The smallest absolute Gasteiger partial charge is 0.226 e. The fourth-order valence-electron chi connectivity index (χ4n) is 2.88. The second kappa shape index (κ2) is 6.42. The summed E-state index contributed by atoms with van der Waals surface area (Å²) in [6.07, 6.45) is 4.98. The third-order valence-electron chi connectivity index (χ3n) is 4.32. The molecule has 1 fully saturated rings. The van der Waals surface area contributed by atoms with Crippen LogP contribution in [0.3, 0.4) is 0 Å². The van der Waals surface area contributed by atoms with Gasteiger partial charge in [-0.2, -0.15) is 0 Å². The predicted octanol–water partition coefficient (Wildman–Crippen LogP) is 0.389. The molecular weight excluding hydrogens is 320 g/mol. The van der Waals surface area contributed by atoms with Crippen LogP contribution in [0.2, 0.25) is 0 Å². The summed E-state index contributed by atoms with van der Waals surface area (Å²) < 4.78 is 1.73. The molecule has 0 aliphatic carbocycles. The molecule has 0 radical (unpaired) electrons. The molecule has 1 saturated heterocycles. The quantitative estimate of drug-likeness (QED) is 0.718. The SMILES string of the molecule is CCn1nnc2c(N3CC(C(=O)NCc4cccnc4)C3)ncnc21. The first-order valence-electron chi connectivity index (χ1n) is 8.22. The van der Waals surface area contributed by atoms with Gasteiger partial charge in [0.1, 0.15) is 6.33 Å². The summed E-state index contributed by atoms with van der Waals surface area (Å²) in [7, 11) is 0. The highest BCUT2D eigenvalue weighted by atomic mass is 16.2. The molecule has 4 heterocycles. The van der Waals surface area contributed by atoms with Crippen molar-refractivity contribution in [3.63, 3.8) is 0 Å². The van der Waals surface area contributed by atoms with Crippen LogP contribution in [0.25, 0.3) is 11.2 Å². The Labute approximate surface area is 144 Å². The van der Waals surface area contributed by atoms with E-state index in [1.54, 1.807) is 17.1 Å². The first-order valence-corrected chi connectivity index (χ1v) is 8.22. The van der Waals surface area contributed by atoms with E-state index in [0.29, 0.717) is 31.7 Å². The number of amides is 1. The van der Waals surface area contributed by atoms with Crippen molar-refractivity contribution in [2.45, 2.75) is 20.0 Å². The monoisotopic (exact) mass is 338 g/mol. The molecule has 1 amide bonds. The van der Waals surface area contributed by atoms with E-state index in [1.165, 1.54) is 6.33 Å². The average Bonchev–Trinajstić information content (AvgIpc) is 3.03. The van der Waals surface area contributed by atoms with Crippen molar-refractivity contribution >= 4 is 22.9 Å². The van der Waals surface area contributed by atoms with Gasteiger partial charge in [-0.3, -0.25) is 9.78 Å². The van der Waals surface area contributed by atoms with E-state index in [2.05, 4.69) is 30.6 Å². The van der Waals surface area contributed by atoms with Crippen molar-refractivity contribution in [3.05, 3.63) is 36.4 Å². The molecule has 1 aliphatic rings. The van der Waals surface area contributed by atoms with Gasteiger partial charge >= 0.3 is 0 Å². The minimum Gasteiger partial charge on any atom is -0.353 e. The maximum Gasteiger partial charge on any atom is 0.226 e. The van der Waals surface area contributed by atoms with Crippen LogP contribution in [0.5, 0.6) is 0 Å². The summed E-state index contributed by atoms with van der Waals surface area (Å²) in [5, 5.41) is 11.2. The molecule has 1 aliphatic heterocycles. The van der Waals surface area contributed by atoms with Crippen LogP contribution in [-0.4, -0.2) is 48.9 Å². The Morgan fingerprint density at radius 2 is 2.24 bits per heavy atom. The van der Waals surface area contributed by atoms with Crippen LogP contribution in [0.1, 0.15) is 12.5 Å². The molecule has 9 nitrogen and oxygen atoms in total. The summed E-state index contributed by atoms with van der Waals surface area (Å²) in [6, 6.07) is 3.80. The summed E-state index contributed by atoms with van der Waals surface area (Å²) in [5.41, 5.74) is 2.39. The van der Waals surface area contributed by atoms with Crippen LogP contribution >= 0.6 is 0 Å². The van der Waals surface area contributed by atoms with Crippen molar-refractivity contribution in [2.24, 2.45) is 5.92 Å². The van der Waals surface area contributed by atoms with Gasteiger partial charge < -0.3 is 10.2 Å². The number of aromatic nitrogens is 6. The molecule has 0 spiro atoms. The number of hydrogen-bond acceptors (Lipinski definition) is 7. The largest absolute Gasteiger partial charge is 0.353 e. The van der Waals surface area contributed by atoms with Crippen LogP contribution in [-0.2, 0) is 17.9 Å². The molecule has 1 N–H and O–H groups in total. The zero-order valence-electron chi connectivity index (χ0n) is 13.8. The lowest BCUT2D eigenvalue weighted by Crippen LogP contribution is -2.54. The van der Waals surface area contributed by atoms with Crippen molar-refractivity contribution in [2.75, 3.05) is 18.0 Å². The van der Waals surface area contributed by atoms with E-state index in [4.69, 9.17) is 0 Å². The van der Waals surface area contributed by atoms with Crippen LogP contribution in [0.15, 0.2) is 30.9 Å². The van der Waals surface area contributed by atoms with Gasteiger partial charge in [-0.15, -0.1) is 5.10 Å². The van der Waals surface area contributed by atoms with Gasteiger partial charge in [0.25, 0.3) is 0 Å². The zero-order valence-corrected chi connectivity index (χ0v) is 13.8. The van der Waals surface area contributed by atoms with Crippen molar-refractivity contribution < 1.29 is 4.79 Å². The van der Waals surface area contributed by atoms with Gasteiger partial charge in [0.05, 0.1) is 5.92 Å². The van der Waals surface area contributed by atoms with E-state index in [9.17, 15) is 4.79 Å². The topological polar surface area (TPSA) is 102 Å². The number of carbonyl (C=O) groups is 1. The lowest BCUT2D eigenvalue weighted by atomic mass is 9.99. The Kier molecular flexibility index (Phi) is 3.96. The van der Waals surface area contributed by atoms with E-state index in [0.717, 1.165) is 17.0 Å². The molecule has 0 atom stereocenters. The Balaban J connectivity index is 1.39. The van der Waals surface area contributed by atoms with E-state index >= 15 is 0 Å². The van der Waals surface area contributed by atoms with Gasteiger partial charge in [-0.1, -0.05) is 11.3 Å². The highest BCUT2D eigenvalue weighted by Gasteiger charge is 2.35. The van der Waals surface area contributed by atoms with Gasteiger partial charge in [-0.05, 0) is 18.6 Å². The molecule has 0 aromatic carbocycles. The van der Waals surface area contributed by atoms with Crippen molar-refractivity contribution in [1.29, 1.82) is 0 Å². The number of fused-ring (bicyclic) bond motifs is 1. The molecule has 0 unspecified atom stereocenters. The molecule has 4 rings (SSSR count). The first-order chi connectivity index (χ1) is 12.3. The van der Waals surface area contributed by atoms with E-state index < -0.39 is 0 Å². The van der Waals surface area contributed by atoms with Gasteiger partial charge in [0.2, 0.25) is 5.91 Å². The summed E-state index contributed by atoms with van der Waals surface area (Å²) in [6.45, 7) is 4.41. The molecule has 25 heavy (non-hydrogen) atoms. The minimum atomic E-state index is -0.0529. The lowest BCUT2D eigenvalue weighted by molar-refractivity contribution is -0.125. The molecule has 9 heteroatoms. The van der Waals surface area contributed by atoms with E-state index in [-0.39, 0.29) is 11.8 Å². The predicted molar refractivity (Wildman–Crippen MR) is 90.6 cm³/mol. The van der Waals surface area contributed by atoms with Crippen molar-refractivity contribution in [1.82, 2.24) is 35.3 Å². The molecule has 128 valence electrons. The normalized spacial score (nSPS) is 14.5. The molecule has 0 bridgehead atoms. The third-order valence-corrected chi connectivity index (χ3v) is 4.32. The number of aryl methyl sites for hydroxylation is 1. The fourth-order valence-corrected chi connectivity index (χ4v) is 2.88. The average molecular weight is 338 g/mol. The molecule has 3 aromatic heterocycles.